The van der Waals surface area contributed by atoms with Crippen molar-refractivity contribution in [1.82, 2.24) is 13.5 Å². The fraction of sp³-hybridized carbons (Fsp3) is 0.611. The maximum atomic E-state index is 12.9. The summed E-state index contributed by atoms with van der Waals surface area (Å²) in [5, 5.41) is 9.31. The quantitative estimate of drug-likeness (QED) is 0.792. The molecule has 1 aromatic carbocycles. The minimum atomic E-state index is -3.50. The van der Waals surface area contributed by atoms with Crippen molar-refractivity contribution in [3.05, 3.63) is 35.4 Å². The lowest BCUT2D eigenvalue weighted by Crippen LogP contribution is -2.57. The molecule has 1 aromatic rings. The van der Waals surface area contributed by atoms with Gasteiger partial charge in [0.25, 0.3) is 10.2 Å². The molecule has 2 unspecified atom stereocenters. The van der Waals surface area contributed by atoms with E-state index in [1.54, 1.807) is 12.1 Å². The topological polar surface area (TPSA) is 90.4 Å². The van der Waals surface area contributed by atoms with E-state index in [0.717, 1.165) is 5.56 Å². The standard InChI is InChI=1S/C18H27N3O5S/c1-14-11-21(12-15(2)26-14)27(24,25)20-9-7-19(8-10-20)13-16-5-3-4-6-17(16)18(22)23/h3-6,14-15H,7-13H2,1-2H3,(H,22,23). The van der Waals surface area contributed by atoms with Crippen LogP contribution in [-0.2, 0) is 21.5 Å². The number of ether oxygens (including phenoxy) is 1. The van der Waals surface area contributed by atoms with Gasteiger partial charge in [-0.2, -0.15) is 17.0 Å². The monoisotopic (exact) mass is 397 g/mol. The smallest absolute Gasteiger partial charge is 0.336 e. The van der Waals surface area contributed by atoms with E-state index in [0.29, 0.717) is 51.4 Å². The Kier molecular flexibility index (Phi) is 6.17. The molecular weight excluding hydrogens is 370 g/mol. The minimum absolute atomic E-state index is 0.114. The van der Waals surface area contributed by atoms with E-state index >= 15 is 0 Å². The second-order valence-corrected chi connectivity index (χ2v) is 9.15. The Morgan fingerprint density at radius 2 is 1.67 bits per heavy atom. The second kappa shape index (κ2) is 8.24. The van der Waals surface area contributed by atoms with Crippen LogP contribution in [0.15, 0.2) is 24.3 Å². The zero-order chi connectivity index (χ0) is 19.6. The third-order valence-corrected chi connectivity index (χ3v) is 6.98. The van der Waals surface area contributed by atoms with Gasteiger partial charge in [-0.05, 0) is 25.5 Å². The summed E-state index contributed by atoms with van der Waals surface area (Å²) in [5.74, 6) is -0.942. The Bertz CT molecular complexity index is 767. The summed E-state index contributed by atoms with van der Waals surface area (Å²) in [6.07, 6.45) is -0.227. The summed E-state index contributed by atoms with van der Waals surface area (Å²) >= 11 is 0. The fourth-order valence-corrected chi connectivity index (χ4v) is 5.46. The molecule has 0 aromatic heterocycles. The Labute approximate surface area is 160 Å². The molecule has 0 spiro atoms. The van der Waals surface area contributed by atoms with Gasteiger partial charge in [0.2, 0.25) is 0 Å². The van der Waals surface area contributed by atoms with Gasteiger partial charge < -0.3 is 9.84 Å². The summed E-state index contributed by atoms with van der Waals surface area (Å²) in [5.41, 5.74) is 1.04. The van der Waals surface area contributed by atoms with Gasteiger partial charge in [-0.1, -0.05) is 18.2 Å². The van der Waals surface area contributed by atoms with Crippen LogP contribution in [-0.4, -0.2) is 84.5 Å². The van der Waals surface area contributed by atoms with Crippen LogP contribution in [0, 0.1) is 0 Å². The third-order valence-electron chi connectivity index (χ3n) is 5.01. The highest BCUT2D eigenvalue weighted by Crippen LogP contribution is 2.20. The summed E-state index contributed by atoms with van der Waals surface area (Å²) in [6.45, 7) is 6.96. The molecule has 27 heavy (non-hydrogen) atoms. The van der Waals surface area contributed by atoms with E-state index in [1.165, 1.54) is 8.61 Å². The van der Waals surface area contributed by atoms with Crippen molar-refractivity contribution in [2.45, 2.75) is 32.6 Å². The van der Waals surface area contributed by atoms with Crippen molar-refractivity contribution in [1.29, 1.82) is 0 Å². The Morgan fingerprint density at radius 3 is 2.26 bits per heavy atom. The van der Waals surface area contributed by atoms with E-state index in [1.807, 2.05) is 26.0 Å². The number of morpholine rings is 1. The summed E-state index contributed by atoms with van der Waals surface area (Å²) in [7, 11) is -3.50. The first-order chi connectivity index (χ1) is 12.8. The maximum absolute atomic E-state index is 12.9. The molecule has 2 fully saturated rings. The number of nitrogens with zero attached hydrogens (tertiary/aromatic N) is 3. The number of carboxylic acids is 1. The van der Waals surface area contributed by atoms with Crippen LogP contribution in [0.3, 0.4) is 0 Å². The van der Waals surface area contributed by atoms with Crippen LogP contribution in [0.1, 0.15) is 29.8 Å². The van der Waals surface area contributed by atoms with Gasteiger partial charge in [0.05, 0.1) is 17.8 Å². The summed E-state index contributed by atoms with van der Waals surface area (Å²) in [4.78, 5) is 13.4. The predicted molar refractivity (Wildman–Crippen MR) is 101 cm³/mol. The molecule has 0 saturated carbocycles. The molecule has 2 aliphatic rings. The number of hydrogen-bond donors (Lipinski definition) is 1. The Morgan fingerprint density at radius 1 is 1.07 bits per heavy atom. The molecule has 2 heterocycles. The zero-order valence-electron chi connectivity index (χ0n) is 15.7. The van der Waals surface area contributed by atoms with Crippen LogP contribution in [0.2, 0.25) is 0 Å². The van der Waals surface area contributed by atoms with Crippen molar-refractivity contribution in [2.75, 3.05) is 39.3 Å². The van der Waals surface area contributed by atoms with Crippen molar-refractivity contribution >= 4 is 16.2 Å². The molecule has 0 radical (unpaired) electrons. The van der Waals surface area contributed by atoms with Gasteiger partial charge in [0, 0.05) is 45.8 Å². The fourth-order valence-electron chi connectivity index (χ4n) is 3.71. The van der Waals surface area contributed by atoms with Crippen LogP contribution < -0.4 is 0 Å². The first-order valence-corrected chi connectivity index (χ1v) is 10.6. The van der Waals surface area contributed by atoms with E-state index < -0.39 is 16.2 Å². The molecule has 2 aliphatic heterocycles. The molecule has 1 N–H and O–H groups in total. The van der Waals surface area contributed by atoms with Gasteiger partial charge >= 0.3 is 5.97 Å². The third kappa shape index (κ3) is 4.67. The number of carboxylic acid groups (broad SMARTS) is 1. The van der Waals surface area contributed by atoms with Crippen molar-refractivity contribution < 1.29 is 23.1 Å². The average molecular weight is 397 g/mol. The summed E-state index contributed by atoms with van der Waals surface area (Å²) in [6, 6.07) is 6.94. The lowest BCUT2D eigenvalue weighted by atomic mass is 10.1. The molecular formula is C18H27N3O5S. The first-order valence-electron chi connectivity index (χ1n) is 9.21. The lowest BCUT2D eigenvalue weighted by molar-refractivity contribution is -0.0457. The van der Waals surface area contributed by atoms with Gasteiger partial charge in [-0.3, -0.25) is 4.90 Å². The molecule has 9 heteroatoms. The van der Waals surface area contributed by atoms with Gasteiger partial charge in [0.15, 0.2) is 0 Å². The highest BCUT2D eigenvalue weighted by atomic mass is 32.2. The maximum Gasteiger partial charge on any atom is 0.336 e. The van der Waals surface area contributed by atoms with Crippen LogP contribution in [0.25, 0.3) is 0 Å². The van der Waals surface area contributed by atoms with Crippen molar-refractivity contribution in [2.24, 2.45) is 0 Å². The summed E-state index contributed by atoms with van der Waals surface area (Å²) < 4.78 is 34.6. The molecule has 150 valence electrons. The number of benzene rings is 1. The SMILES string of the molecule is CC1CN(S(=O)(=O)N2CCN(Cc3ccccc3C(=O)O)CC2)CC(C)O1. The van der Waals surface area contributed by atoms with E-state index in [2.05, 4.69) is 4.90 Å². The minimum Gasteiger partial charge on any atom is -0.478 e. The normalized spacial score (nSPS) is 26.1. The zero-order valence-corrected chi connectivity index (χ0v) is 16.6. The van der Waals surface area contributed by atoms with Gasteiger partial charge in [-0.25, -0.2) is 4.79 Å². The van der Waals surface area contributed by atoms with Crippen LogP contribution >= 0.6 is 0 Å². The lowest BCUT2D eigenvalue weighted by Gasteiger charge is -2.40. The Hall–Kier alpha value is -1.52. The van der Waals surface area contributed by atoms with Crippen molar-refractivity contribution in [3.63, 3.8) is 0 Å². The van der Waals surface area contributed by atoms with Gasteiger partial charge in [-0.15, -0.1) is 0 Å². The largest absolute Gasteiger partial charge is 0.478 e. The van der Waals surface area contributed by atoms with Crippen molar-refractivity contribution in [3.8, 4) is 0 Å². The van der Waals surface area contributed by atoms with Crippen LogP contribution in [0.4, 0.5) is 0 Å². The highest BCUT2D eigenvalue weighted by Gasteiger charge is 2.36. The molecule has 2 atom stereocenters. The molecule has 0 bridgehead atoms. The number of rotatable bonds is 5. The highest BCUT2D eigenvalue weighted by molar-refractivity contribution is 7.86. The number of piperazine rings is 1. The van der Waals surface area contributed by atoms with E-state index in [4.69, 9.17) is 4.74 Å². The van der Waals surface area contributed by atoms with E-state index in [-0.39, 0.29) is 12.2 Å². The molecule has 2 saturated heterocycles. The predicted octanol–water partition coefficient (Wildman–Crippen LogP) is 0.856. The number of aromatic carboxylic acids is 1. The second-order valence-electron chi connectivity index (χ2n) is 7.22. The number of carbonyl (C=O) groups is 1. The first kappa shape index (κ1) is 20.2. The molecule has 0 amide bonds. The average Bonchev–Trinajstić information content (AvgIpc) is 2.61. The Balaban J connectivity index is 1.61. The van der Waals surface area contributed by atoms with Gasteiger partial charge in [0.1, 0.15) is 0 Å². The van der Waals surface area contributed by atoms with E-state index in [9.17, 15) is 18.3 Å². The molecule has 0 aliphatic carbocycles. The number of hydrogen-bond acceptors (Lipinski definition) is 5. The van der Waals surface area contributed by atoms with Crippen LogP contribution in [0.5, 0.6) is 0 Å². The molecule has 3 rings (SSSR count). The molecule has 8 nitrogen and oxygen atoms in total.